The second-order valence-electron chi connectivity index (χ2n) is 1.97. The van der Waals surface area contributed by atoms with Crippen LogP contribution in [-0.2, 0) is 9.13 Å². The van der Waals surface area contributed by atoms with Gasteiger partial charge in [0.1, 0.15) is 0 Å². The molecular weight excluding hydrogens is 278 g/mol. The second-order valence-corrected chi connectivity index (χ2v) is 8.60. The Bertz CT molecular complexity index is 228. The summed E-state index contributed by atoms with van der Waals surface area (Å²) in [6.07, 6.45) is 0. The van der Waals surface area contributed by atoms with E-state index in [1.54, 1.807) is 0 Å². The van der Waals surface area contributed by atoms with Crippen LogP contribution in [0.5, 0.6) is 0 Å². The summed E-state index contributed by atoms with van der Waals surface area (Å²) in [4.78, 5) is 33.9. The Labute approximate surface area is 75.9 Å². The van der Waals surface area contributed by atoms with Crippen LogP contribution in [-0.4, -0.2) is 35.1 Å². The van der Waals surface area contributed by atoms with E-state index < -0.39 is 25.6 Å². The Hall–Kier alpha value is 0.740. The average Bonchev–Trinajstić information content (AvgIpc) is 1.81. The van der Waals surface area contributed by atoms with E-state index in [2.05, 4.69) is 15.9 Å². The summed E-state index contributed by atoms with van der Waals surface area (Å²) in [6, 6.07) is 0. The Morgan fingerprint density at radius 3 is 1.33 bits per heavy atom. The highest BCUT2D eigenvalue weighted by Crippen LogP contribution is 2.71. The van der Waals surface area contributed by atoms with Crippen LogP contribution in [0.1, 0.15) is 0 Å². The number of hydrogen-bond acceptors (Lipinski definition) is 3. The summed E-state index contributed by atoms with van der Waals surface area (Å²) in [5.74, 6) is 0. The van der Waals surface area contributed by atoms with E-state index in [1.165, 1.54) is 0 Å². The Morgan fingerprint density at radius 2 is 1.33 bits per heavy atom. The molecule has 0 bridgehead atoms. The van der Waals surface area contributed by atoms with E-state index in [9.17, 15) is 9.13 Å². The molecule has 0 aromatic carbocycles. The van der Waals surface area contributed by atoms with Crippen molar-refractivity contribution in [3.8, 4) is 0 Å². The number of aliphatic hydroxyl groups excluding tert-OH is 1. The number of alkyl halides is 1. The van der Waals surface area contributed by atoms with Crippen molar-refractivity contribution < 1.29 is 33.8 Å². The first-order chi connectivity index (χ1) is 5.06. The van der Waals surface area contributed by atoms with Crippen LogP contribution in [0.15, 0.2) is 0 Å². The summed E-state index contributed by atoms with van der Waals surface area (Å²) < 4.78 is 18.2. The highest BCUT2D eigenvalue weighted by atomic mass is 79.9. The lowest BCUT2D eigenvalue weighted by atomic mass is 10.9. The molecule has 0 radical (unpaired) electrons. The van der Waals surface area contributed by atoms with Gasteiger partial charge in [-0.2, -0.15) is 0 Å². The molecule has 0 aliphatic heterocycles. The van der Waals surface area contributed by atoms with Gasteiger partial charge in [0.2, 0.25) is 3.81 Å². The van der Waals surface area contributed by atoms with Gasteiger partial charge in [-0.1, -0.05) is 15.9 Å². The first-order valence-electron chi connectivity index (χ1n) is 2.47. The molecule has 0 spiro atoms. The molecule has 0 heterocycles. The van der Waals surface area contributed by atoms with Crippen molar-refractivity contribution in [2.24, 2.45) is 0 Å². The lowest BCUT2D eigenvalue weighted by Crippen LogP contribution is -2.25. The van der Waals surface area contributed by atoms with Crippen molar-refractivity contribution in [3.63, 3.8) is 0 Å². The highest BCUT2D eigenvalue weighted by Gasteiger charge is 2.58. The van der Waals surface area contributed by atoms with E-state index in [0.717, 1.165) is 0 Å². The van der Waals surface area contributed by atoms with Gasteiger partial charge in [0.25, 0.3) is 0 Å². The van der Waals surface area contributed by atoms with Crippen molar-refractivity contribution in [1.82, 2.24) is 0 Å². The minimum atomic E-state index is -5.11. The zero-order valence-corrected chi connectivity index (χ0v) is 8.91. The molecule has 0 unspecified atom stereocenters. The zero-order chi connectivity index (χ0) is 10.2. The lowest BCUT2D eigenvalue weighted by molar-refractivity contribution is 0.258. The van der Waals surface area contributed by atoms with E-state index in [0.29, 0.717) is 0 Å². The lowest BCUT2D eigenvalue weighted by Gasteiger charge is -2.26. The van der Waals surface area contributed by atoms with Gasteiger partial charge < -0.3 is 24.7 Å². The number of rotatable bonds is 3. The molecule has 10 heteroatoms. The zero-order valence-electron chi connectivity index (χ0n) is 5.53. The first-order valence-corrected chi connectivity index (χ1v) is 6.49. The van der Waals surface area contributed by atoms with Crippen LogP contribution in [0.4, 0.5) is 0 Å². The molecule has 5 N–H and O–H groups in total. The topological polar surface area (TPSA) is 135 Å². The Morgan fingerprint density at radius 1 is 1.08 bits per heavy atom. The normalized spacial score (nSPS) is 14.8. The van der Waals surface area contributed by atoms with Gasteiger partial charge in [0.05, 0.1) is 6.61 Å². The maximum absolute atomic E-state index is 10.5. The third kappa shape index (κ3) is 2.16. The van der Waals surface area contributed by atoms with Crippen molar-refractivity contribution in [3.05, 3.63) is 0 Å². The number of hydrogen-bond donors (Lipinski definition) is 5. The van der Waals surface area contributed by atoms with Crippen LogP contribution < -0.4 is 0 Å². The van der Waals surface area contributed by atoms with Crippen LogP contribution in [0, 0.1) is 0 Å². The number of aliphatic hydroxyl groups is 1. The largest absolute Gasteiger partial charge is 0.394 e. The molecule has 0 amide bonds. The SMILES string of the molecule is O=P(O)(O)C(Br)(CO)P(=O)(O)O. The van der Waals surface area contributed by atoms with Crippen molar-refractivity contribution >= 4 is 31.1 Å². The van der Waals surface area contributed by atoms with Crippen molar-refractivity contribution in [2.75, 3.05) is 6.61 Å². The van der Waals surface area contributed by atoms with E-state index in [-0.39, 0.29) is 0 Å². The van der Waals surface area contributed by atoms with E-state index >= 15 is 0 Å². The maximum atomic E-state index is 10.5. The summed E-state index contributed by atoms with van der Waals surface area (Å²) in [5.41, 5.74) is 0. The van der Waals surface area contributed by atoms with Crippen LogP contribution in [0.25, 0.3) is 0 Å². The van der Waals surface area contributed by atoms with Crippen molar-refractivity contribution in [1.29, 1.82) is 0 Å². The fourth-order valence-corrected chi connectivity index (χ4v) is 2.08. The van der Waals surface area contributed by atoms with Gasteiger partial charge in [0.15, 0.2) is 0 Å². The minimum Gasteiger partial charge on any atom is -0.394 e. The van der Waals surface area contributed by atoms with Crippen molar-refractivity contribution in [2.45, 2.75) is 3.81 Å². The molecule has 7 nitrogen and oxygen atoms in total. The van der Waals surface area contributed by atoms with Gasteiger partial charge in [0, 0.05) is 0 Å². The number of halogens is 1. The van der Waals surface area contributed by atoms with Gasteiger partial charge in [-0.25, -0.2) is 0 Å². The Balaban J connectivity index is 5.25. The Kier molecular flexibility index (Phi) is 3.69. The molecule has 0 saturated carbocycles. The first kappa shape index (κ1) is 12.7. The van der Waals surface area contributed by atoms with Gasteiger partial charge in [-0.05, 0) is 0 Å². The maximum Gasteiger partial charge on any atom is 0.356 e. The molecule has 0 fully saturated rings. The highest BCUT2D eigenvalue weighted by molar-refractivity contribution is 9.12. The standard InChI is InChI=1S/C2H7BrO7P2/c3-2(1-4,11(5,6)7)12(8,9)10/h4H,1H2,(H2,5,6,7)(H2,8,9,10). The average molecular weight is 285 g/mol. The molecule has 0 aromatic rings. The molecular formula is C2H7BrO7P2. The van der Waals surface area contributed by atoms with Gasteiger partial charge in [-0.15, -0.1) is 0 Å². The predicted octanol–water partition coefficient (Wildman–Crippen LogP) is -0.617. The predicted molar refractivity (Wildman–Crippen MR) is 42.8 cm³/mol. The molecule has 74 valence electrons. The molecule has 12 heavy (non-hydrogen) atoms. The van der Waals surface area contributed by atoms with E-state index in [1.807, 2.05) is 0 Å². The van der Waals surface area contributed by atoms with Crippen LogP contribution >= 0.6 is 31.1 Å². The molecule has 0 aliphatic carbocycles. The fourth-order valence-electron chi connectivity index (χ4n) is 0.354. The summed E-state index contributed by atoms with van der Waals surface area (Å²) in [7, 11) is -10.2. The minimum absolute atomic E-state index is 1.36. The molecule has 0 aliphatic rings. The summed E-state index contributed by atoms with van der Waals surface area (Å²) in [6.45, 7) is -1.36. The van der Waals surface area contributed by atoms with Crippen LogP contribution in [0.3, 0.4) is 0 Å². The smallest absolute Gasteiger partial charge is 0.356 e. The third-order valence-corrected chi connectivity index (χ3v) is 7.75. The fraction of sp³-hybridized carbons (Fsp3) is 1.00. The summed E-state index contributed by atoms with van der Waals surface area (Å²) >= 11 is 2.15. The second kappa shape index (κ2) is 3.48. The summed E-state index contributed by atoms with van der Waals surface area (Å²) in [5, 5.41) is 8.43. The quantitative estimate of drug-likeness (QED) is 0.344. The molecule has 0 rings (SSSR count). The van der Waals surface area contributed by atoms with Crippen LogP contribution in [0.2, 0.25) is 0 Å². The van der Waals surface area contributed by atoms with Gasteiger partial charge >= 0.3 is 15.2 Å². The van der Waals surface area contributed by atoms with Gasteiger partial charge in [-0.3, -0.25) is 9.13 Å². The molecule has 0 atom stereocenters. The third-order valence-electron chi connectivity index (χ3n) is 1.09. The monoisotopic (exact) mass is 284 g/mol. The molecule has 0 saturated heterocycles. The molecule has 0 aromatic heterocycles. The van der Waals surface area contributed by atoms with E-state index in [4.69, 9.17) is 24.7 Å².